The highest BCUT2D eigenvalue weighted by atomic mass is 16.5. The Kier molecular flexibility index (Phi) is 4.71. The van der Waals surface area contributed by atoms with E-state index in [9.17, 15) is 4.79 Å². The van der Waals surface area contributed by atoms with Crippen LogP contribution >= 0.6 is 0 Å². The smallest absolute Gasteiger partial charge is 0.251 e. The number of rotatable bonds is 3. The third kappa shape index (κ3) is 3.46. The predicted octanol–water partition coefficient (Wildman–Crippen LogP) is 1.38. The van der Waals surface area contributed by atoms with Crippen LogP contribution in [0.2, 0.25) is 0 Å². The lowest BCUT2D eigenvalue weighted by molar-refractivity contribution is -0.142. The first-order valence-electron chi connectivity index (χ1n) is 7.88. The van der Waals surface area contributed by atoms with Crippen LogP contribution in [-0.2, 0) is 16.1 Å². The molecule has 0 saturated carbocycles. The molecule has 0 radical (unpaired) electrons. The molecular formula is C17H21N3O2. The molecule has 2 saturated heterocycles. The molecular weight excluding hydrogens is 278 g/mol. The summed E-state index contributed by atoms with van der Waals surface area (Å²) in [5.74, 6) is 0.156. The highest BCUT2D eigenvalue weighted by molar-refractivity contribution is 5.81. The van der Waals surface area contributed by atoms with E-state index in [1.54, 1.807) is 0 Å². The van der Waals surface area contributed by atoms with Gasteiger partial charge >= 0.3 is 0 Å². The minimum atomic E-state index is -0.209. The molecule has 1 atom stereocenters. The Morgan fingerprint density at radius 3 is 2.82 bits per heavy atom. The molecule has 2 aliphatic rings. The number of amides is 1. The van der Waals surface area contributed by atoms with Crippen LogP contribution in [0.15, 0.2) is 24.3 Å². The monoisotopic (exact) mass is 299 g/mol. The fourth-order valence-electron chi connectivity index (χ4n) is 3.10. The van der Waals surface area contributed by atoms with Crippen molar-refractivity contribution in [3.8, 4) is 6.07 Å². The fourth-order valence-corrected chi connectivity index (χ4v) is 3.10. The second-order valence-electron chi connectivity index (χ2n) is 5.92. The summed E-state index contributed by atoms with van der Waals surface area (Å²) in [5.41, 5.74) is 1.85. The third-order valence-electron chi connectivity index (χ3n) is 4.35. The number of ether oxygens (including phenoxy) is 1. The molecule has 0 N–H and O–H groups in total. The molecule has 116 valence electrons. The van der Waals surface area contributed by atoms with Crippen LogP contribution in [0.3, 0.4) is 0 Å². The van der Waals surface area contributed by atoms with Crippen molar-refractivity contribution in [2.75, 3.05) is 32.8 Å². The van der Waals surface area contributed by atoms with Gasteiger partial charge in [0.1, 0.15) is 6.10 Å². The first-order valence-corrected chi connectivity index (χ1v) is 7.88. The van der Waals surface area contributed by atoms with Crippen LogP contribution in [0.4, 0.5) is 0 Å². The highest BCUT2D eigenvalue weighted by Crippen LogP contribution is 2.17. The summed E-state index contributed by atoms with van der Waals surface area (Å²) < 4.78 is 5.48. The van der Waals surface area contributed by atoms with Crippen LogP contribution in [0, 0.1) is 11.3 Å². The number of piperazine rings is 1. The molecule has 3 rings (SSSR count). The van der Waals surface area contributed by atoms with Crippen molar-refractivity contribution >= 4 is 5.91 Å². The maximum Gasteiger partial charge on any atom is 0.251 e. The Morgan fingerprint density at radius 2 is 2.14 bits per heavy atom. The second-order valence-corrected chi connectivity index (χ2v) is 5.92. The van der Waals surface area contributed by atoms with E-state index in [1.165, 1.54) is 0 Å². The number of benzene rings is 1. The van der Waals surface area contributed by atoms with Gasteiger partial charge in [-0.15, -0.1) is 0 Å². The minimum absolute atomic E-state index is 0.156. The van der Waals surface area contributed by atoms with Crippen molar-refractivity contribution in [2.45, 2.75) is 25.5 Å². The number of nitriles is 1. The van der Waals surface area contributed by atoms with E-state index in [-0.39, 0.29) is 12.0 Å². The lowest BCUT2D eigenvalue weighted by Crippen LogP contribution is -2.51. The van der Waals surface area contributed by atoms with Crippen LogP contribution in [-0.4, -0.2) is 54.6 Å². The average molecular weight is 299 g/mol. The summed E-state index contributed by atoms with van der Waals surface area (Å²) in [7, 11) is 0. The van der Waals surface area contributed by atoms with Crippen LogP contribution < -0.4 is 0 Å². The van der Waals surface area contributed by atoms with Gasteiger partial charge in [0.15, 0.2) is 0 Å². The lowest BCUT2D eigenvalue weighted by atomic mass is 10.1. The zero-order valence-corrected chi connectivity index (χ0v) is 12.7. The van der Waals surface area contributed by atoms with Crippen molar-refractivity contribution in [3.05, 3.63) is 35.4 Å². The Bertz CT molecular complexity index is 568. The molecule has 22 heavy (non-hydrogen) atoms. The largest absolute Gasteiger partial charge is 0.368 e. The van der Waals surface area contributed by atoms with Crippen LogP contribution in [0.25, 0.3) is 0 Å². The Morgan fingerprint density at radius 1 is 1.32 bits per heavy atom. The molecule has 1 aromatic rings. The van der Waals surface area contributed by atoms with Crippen LogP contribution in [0.1, 0.15) is 24.0 Å². The number of nitrogens with zero attached hydrogens (tertiary/aromatic N) is 3. The quantitative estimate of drug-likeness (QED) is 0.846. The van der Waals surface area contributed by atoms with Crippen molar-refractivity contribution in [2.24, 2.45) is 0 Å². The zero-order valence-electron chi connectivity index (χ0n) is 12.7. The molecule has 0 bridgehead atoms. The predicted molar refractivity (Wildman–Crippen MR) is 82.0 cm³/mol. The molecule has 2 aliphatic heterocycles. The molecule has 1 aromatic carbocycles. The lowest BCUT2D eigenvalue weighted by Gasteiger charge is -2.35. The summed E-state index contributed by atoms with van der Waals surface area (Å²) in [6, 6.07) is 9.90. The standard InChI is InChI=1S/C17H21N3O2/c18-12-14-3-1-4-15(11-14)13-19-6-8-20(9-7-19)17(21)16-5-2-10-22-16/h1,3-4,11,16H,2,5-10,13H2/t16-/m0/s1. The van der Waals surface area contributed by atoms with E-state index in [2.05, 4.69) is 11.0 Å². The number of carbonyl (C=O) groups excluding carboxylic acids is 1. The molecule has 0 spiro atoms. The second kappa shape index (κ2) is 6.91. The normalized spacial score (nSPS) is 22.5. The van der Waals surface area contributed by atoms with Gasteiger partial charge in [0.05, 0.1) is 11.6 Å². The Balaban J connectivity index is 1.51. The van der Waals surface area contributed by atoms with Crippen molar-refractivity contribution in [1.82, 2.24) is 9.80 Å². The summed E-state index contributed by atoms with van der Waals surface area (Å²) in [6.45, 7) is 4.81. The third-order valence-corrected chi connectivity index (χ3v) is 4.35. The first kappa shape index (κ1) is 15.0. The maximum atomic E-state index is 12.3. The van der Waals surface area contributed by atoms with Gasteiger partial charge in [-0.1, -0.05) is 12.1 Å². The van der Waals surface area contributed by atoms with Crippen molar-refractivity contribution < 1.29 is 9.53 Å². The average Bonchev–Trinajstić information content (AvgIpc) is 3.09. The SMILES string of the molecule is N#Cc1cccc(CN2CCN(C(=O)[C@@H]3CCCO3)CC2)c1. The van der Waals surface area contributed by atoms with Gasteiger partial charge in [0.25, 0.3) is 5.91 Å². The maximum absolute atomic E-state index is 12.3. The summed E-state index contributed by atoms with van der Waals surface area (Å²) >= 11 is 0. The molecule has 2 fully saturated rings. The summed E-state index contributed by atoms with van der Waals surface area (Å²) in [5, 5.41) is 8.95. The number of carbonyl (C=O) groups is 1. The van der Waals surface area contributed by atoms with E-state index < -0.39 is 0 Å². The number of hydrogen-bond acceptors (Lipinski definition) is 4. The van der Waals surface area contributed by atoms with Crippen LogP contribution in [0.5, 0.6) is 0 Å². The molecule has 1 amide bonds. The van der Waals surface area contributed by atoms with Gasteiger partial charge in [-0.2, -0.15) is 5.26 Å². The minimum Gasteiger partial charge on any atom is -0.368 e. The first-order chi connectivity index (χ1) is 10.8. The molecule has 5 heteroatoms. The van der Waals surface area contributed by atoms with Gasteiger partial charge in [0, 0.05) is 39.3 Å². The van der Waals surface area contributed by atoms with E-state index >= 15 is 0 Å². The highest BCUT2D eigenvalue weighted by Gasteiger charge is 2.30. The topological polar surface area (TPSA) is 56.6 Å². The molecule has 0 aliphatic carbocycles. The Hall–Kier alpha value is -1.90. The van der Waals surface area contributed by atoms with Gasteiger partial charge in [-0.3, -0.25) is 9.69 Å². The van der Waals surface area contributed by atoms with E-state index in [0.717, 1.165) is 51.1 Å². The summed E-state index contributed by atoms with van der Waals surface area (Å²) in [4.78, 5) is 16.6. The van der Waals surface area contributed by atoms with Gasteiger partial charge in [-0.25, -0.2) is 0 Å². The number of hydrogen-bond donors (Lipinski definition) is 0. The molecule has 2 heterocycles. The summed E-state index contributed by atoms with van der Waals surface area (Å²) in [6.07, 6.45) is 1.64. The van der Waals surface area contributed by atoms with Crippen molar-refractivity contribution in [1.29, 1.82) is 5.26 Å². The molecule has 5 nitrogen and oxygen atoms in total. The zero-order chi connectivity index (χ0) is 15.4. The van der Waals surface area contributed by atoms with E-state index in [1.807, 2.05) is 29.2 Å². The Labute approximate surface area is 131 Å². The van der Waals surface area contributed by atoms with Gasteiger partial charge in [0.2, 0.25) is 0 Å². The van der Waals surface area contributed by atoms with Crippen molar-refractivity contribution in [3.63, 3.8) is 0 Å². The van der Waals surface area contributed by atoms with E-state index in [4.69, 9.17) is 10.00 Å². The molecule has 0 unspecified atom stereocenters. The van der Waals surface area contributed by atoms with Gasteiger partial charge in [-0.05, 0) is 30.5 Å². The fraction of sp³-hybridized carbons (Fsp3) is 0.529. The molecule has 0 aromatic heterocycles. The van der Waals surface area contributed by atoms with E-state index in [0.29, 0.717) is 12.2 Å². The van der Waals surface area contributed by atoms with Gasteiger partial charge < -0.3 is 9.64 Å².